The standard InChI is InChI=1S/C22H24N2O7S2/c1-4-31-18-9-11-19(12-10-18)32(25,26)24-21-15-20(13-14-22(21)30-3)33(27,28)23-16-5-7-17(29-2)8-6-16/h5-15,23-24H,4H2,1-3H3. The summed E-state index contributed by atoms with van der Waals surface area (Å²) in [5.41, 5.74) is 0.298. The Hall–Kier alpha value is -3.44. The smallest absolute Gasteiger partial charge is 0.262 e. The highest BCUT2D eigenvalue weighted by atomic mass is 32.2. The third-order valence-corrected chi connectivity index (χ3v) is 7.27. The second-order valence-corrected chi connectivity index (χ2v) is 10.1. The van der Waals surface area contributed by atoms with Gasteiger partial charge in [0, 0.05) is 5.69 Å². The van der Waals surface area contributed by atoms with Crippen molar-refractivity contribution in [3.8, 4) is 17.2 Å². The van der Waals surface area contributed by atoms with Crippen molar-refractivity contribution in [1.29, 1.82) is 0 Å². The summed E-state index contributed by atoms with van der Waals surface area (Å²) < 4.78 is 71.9. The Kier molecular flexibility index (Phi) is 7.34. The predicted molar refractivity (Wildman–Crippen MR) is 125 cm³/mol. The summed E-state index contributed by atoms with van der Waals surface area (Å²) in [6.45, 7) is 2.27. The number of anilines is 2. The predicted octanol–water partition coefficient (Wildman–Crippen LogP) is 3.70. The summed E-state index contributed by atoms with van der Waals surface area (Å²) in [5, 5.41) is 0. The molecule has 9 nitrogen and oxygen atoms in total. The molecule has 0 bridgehead atoms. The Morgan fingerprint density at radius 2 is 1.27 bits per heavy atom. The van der Waals surface area contributed by atoms with Crippen LogP contribution in [0.3, 0.4) is 0 Å². The van der Waals surface area contributed by atoms with Gasteiger partial charge >= 0.3 is 0 Å². The molecule has 0 aromatic heterocycles. The van der Waals surface area contributed by atoms with E-state index in [-0.39, 0.29) is 21.2 Å². The molecule has 0 unspecified atom stereocenters. The maximum absolute atomic E-state index is 12.9. The first kappa shape index (κ1) is 24.2. The van der Waals surface area contributed by atoms with Crippen LogP contribution in [-0.4, -0.2) is 37.7 Å². The van der Waals surface area contributed by atoms with Gasteiger partial charge in [0.1, 0.15) is 17.2 Å². The van der Waals surface area contributed by atoms with E-state index in [9.17, 15) is 16.8 Å². The third kappa shape index (κ3) is 5.88. The van der Waals surface area contributed by atoms with Crippen molar-refractivity contribution in [1.82, 2.24) is 0 Å². The second-order valence-electron chi connectivity index (χ2n) is 6.71. The Labute approximate surface area is 193 Å². The van der Waals surface area contributed by atoms with E-state index in [1.807, 2.05) is 6.92 Å². The molecule has 11 heteroatoms. The maximum Gasteiger partial charge on any atom is 0.262 e. The molecule has 176 valence electrons. The lowest BCUT2D eigenvalue weighted by Crippen LogP contribution is -2.16. The first-order chi connectivity index (χ1) is 15.7. The lowest BCUT2D eigenvalue weighted by molar-refractivity contribution is 0.340. The van der Waals surface area contributed by atoms with E-state index in [1.54, 1.807) is 24.3 Å². The highest BCUT2D eigenvalue weighted by Crippen LogP contribution is 2.31. The van der Waals surface area contributed by atoms with Gasteiger partial charge in [0.05, 0.1) is 36.3 Å². The van der Waals surface area contributed by atoms with Gasteiger partial charge in [-0.05, 0) is 73.7 Å². The topological polar surface area (TPSA) is 120 Å². The van der Waals surface area contributed by atoms with Gasteiger partial charge in [0.25, 0.3) is 20.0 Å². The van der Waals surface area contributed by atoms with Crippen molar-refractivity contribution in [3.05, 3.63) is 66.7 Å². The molecule has 0 aliphatic rings. The van der Waals surface area contributed by atoms with Crippen molar-refractivity contribution in [2.75, 3.05) is 30.3 Å². The van der Waals surface area contributed by atoms with Crippen LogP contribution in [0, 0.1) is 0 Å². The molecular formula is C22H24N2O7S2. The monoisotopic (exact) mass is 492 g/mol. The van der Waals surface area contributed by atoms with Gasteiger partial charge in [-0.25, -0.2) is 16.8 Å². The van der Waals surface area contributed by atoms with E-state index in [0.717, 1.165) is 0 Å². The number of nitrogens with one attached hydrogen (secondary N) is 2. The van der Waals surface area contributed by atoms with Gasteiger partial charge in [-0.3, -0.25) is 9.44 Å². The molecule has 0 aliphatic carbocycles. The molecule has 0 heterocycles. The Balaban J connectivity index is 1.89. The number of methoxy groups -OCH3 is 2. The summed E-state index contributed by atoms with van der Waals surface area (Å²) >= 11 is 0. The summed E-state index contributed by atoms with van der Waals surface area (Å²) in [6.07, 6.45) is 0. The van der Waals surface area contributed by atoms with Gasteiger partial charge < -0.3 is 14.2 Å². The van der Waals surface area contributed by atoms with E-state index in [1.165, 1.54) is 56.7 Å². The van der Waals surface area contributed by atoms with Crippen LogP contribution in [0.25, 0.3) is 0 Å². The second kappa shape index (κ2) is 10.0. The molecular weight excluding hydrogens is 468 g/mol. The number of benzene rings is 3. The van der Waals surface area contributed by atoms with Crippen molar-refractivity contribution in [2.45, 2.75) is 16.7 Å². The quantitative estimate of drug-likeness (QED) is 0.443. The molecule has 0 saturated heterocycles. The molecule has 0 radical (unpaired) electrons. The molecule has 3 rings (SSSR count). The zero-order valence-corrected chi connectivity index (χ0v) is 19.9. The minimum atomic E-state index is -4.02. The first-order valence-electron chi connectivity index (χ1n) is 9.79. The lowest BCUT2D eigenvalue weighted by atomic mass is 10.3. The normalized spacial score (nSPS) is 11.5. The zero-order chi connectivity index (χ0) is 24.1. The van der Waals surface area contributed by atoms with Crippen LogP contribution >= 0.6 is 0 Å². The van der Waals surface area contributed by atoms with E-state index < -0.39 is 20.0 Å². The summed E-state index contributed by atoms with van der Waals surface area (Å²) in [5.74, 6) is 1.27. The largest absolute Gasteiger partial charge is 0.497 e. The Morgan fingerprint density at radius 3 is 1.85 bits per heavy atom. The number of hydrogen-bond acceptors (Lipinski definition) is 7. The van der Waals surface area contributed by atoms with Gasteiger partial charge in [0.15, 0.2) is 0 Å². The van der Waals surface area contributed by atoms with Crippen LogP contribution < -0.4 is 23.7 Å². The van der Waals surface area contributed by atoms with Crippen LogP contribution in [0.15, 0.2) is 76.5 Å². The molecule has 0 spiro atoms. The maximum atomic E-state index is 12.9. The van der Waals surface area contributed by atoms with Crippen molar-refractivity contribution in [2.24, 2.45) is 0 Å². The minimum Gasteiger partial charge on any atom is -0.497 e. The Bertz CT molecular complexity index is 1310. The molecule has 0 saturated carbocycles. The minimum absolute atomic E-state index is 0.0161. The molecule has 0 fully saturated rings. The van der Waals surface area contributed by atoms with Crippen molar-refractivity contribution >= 4 is 31.4 Å². The van der Waals surface area contributed by atoms with Crippen LogP contribution in [0.2, 0.25) is 0 Å². The average Bonchev–Trinajstić information content (AvgIpc) is 2.79. The molecule has 0 amide bonds. The molecule has 3 aromatic carbocycles. The zero-order valence-electron chi connectivity index (χ0n) is 18.2. The molecule has 0 atom stereocenters. The SMILES string of the molecule is CCOc1ccc(S(=O)(=O)Nc2cc(S(=O)(=O)Nc3ccc(OC)cc3)ccc2OC)cc1. The fourth-order valence-electron chi connectivity index (χ4n) is 2.89. The van der Waals surface area contributed by atoms with Crippen LogP contribution in [0.4, 0.5) is 11.4 Å². The highest BCUT2D eigenvalue weighted by Gasteiger charge is 2.21. The first-order valence-corrected chi connectivity index (χ1v) is 12.8. The van der Waals surface area contributed by atoms with Crippen LogP contribution in [0.1, 0.15) is 6.92 Å². The number of hydrogen-bond donors (Lipinski definition) is 2. The van der Waals surface area contributed by atoms with Gasteiger partial charge in [-0.15, -0.1) is 0 Å². The van der Waals surface area contributed by atoms with E-state index in [4.69, 9.17) is 14.2 Å². The third-order valence-electron chi connectivity index (χ3n) is 4.51. The number of ether oxygens (including phenoxy) is 3. The highest BCUT2D eigenvalue weighted by molar-refractivity contribution is 7.93. The number of rotatable bonds is 10. The van der Waals surface area contributed by atoms with Crippen LogP contribution in [-0.2, 0) is 20.0 Å². The fraction of sp³-hybridized carbons (Fsp3) is 0.182. The summed E-state index contributed by atoms with van der Waals surface area (Å²) in [6, 6.07) is 16.1. The molecule has 0 aliphatic heterocycles. The molecule has 3 aromatic rings. The lowest BCUT2D eigenvalue weighted by Gasteiger charge is -2.15. The van der Waals surface area contributed by atoms with Gasteiger partial charge in [-0.2, -0.15) is 0 Å². The number of sulfonamides is 2. The average molecular weight is 493 g/mol. The molecule has 33 heavy (non-hydrogen) atoms. The summed E-state index contributed by atoms with van der Waals surface area (Å²) in [7, 11) is -5.17. The fourth-order valence-corrected chi connectivity index (χ4v) is 5.04. The Morgan fingerprint density at radius 1 is 0.697 bits per heavy atom. The van der Waals surface area contributed by atoms with E-state index >= 15 is 0 Å². The van der Waals surface area contributed by atoms with Gasteiger partial charge in [0.2, 0.25) is 0 Å². The van der Waals surface area contributed by atoms with E-state index in [2.05, 4.69) is 9.44 Å². The van der Waals surface area contributed by atoms with E-state index in [0.29, 0.717) is 23.8 Å². The summed E-state index contributed by atoms with van der Waals surface area (Å²) in [4.78, 5) is -0.166. The van der Waals surface area contributed by atoms with Crippen molar-refractivity contribution in [3.63, 3.8) is 0 Å². The molecule has 2 N–H and O–H groups in total. The van der Waals surface area contributed by atoms with Gasteiger partial charge in [-0.1, -0.05) is 0 Å². The van der Waals surface area contributed by atoms with Crippen LogP contribution in [0.5, 0.6) is 17.2 Å². The van der Waals surface area contributed by atoms with Crippen molar-refractivity contribution < 1.29 is 31.0 Å².